The van der Waals surface area contributed by atoms with E-state index in [4.69, 9.17) is 11.6 Å². The number of thiophene rings is 1. The van der Waals surface area contributed by atoms with Crippen LogP contribution >= 0.6 is 38.9 Å². The molecule has 20 heavy (non-hydrogen) atoms. The van der Waals surface area contributed by atoms with Gasteiger partial charge in [-0.1, -0.05) is 30.7 Å². The smallest absolute Gasteiger partial charge is 0.0456 e. The van der Waals surface area contributed by atoms with Gasteiger partial charge in [-0.3, -0.25) is 0 Å². The molecule has 2 aromatic rings. The third-order valence-electron chi connectivity index (χ3n) is 3.25. The second-order valence-electron chi connectivity index (χ2n) is 4.93. The average Bonchev–Trinajstić information content (AvgIpc) is 2.80. The Hall–Kier alpha value is -0.350. The maximum absolute atomic E-state index is 6.43. The van der Waals surface area contributed by atoms with E-state index in [2.05, 4.69) is 58.7 Å². The molecule has 1 aromatic carbocycles. The van der Waals surface area contributed by atoms with Gasteiger partial charge in [0, 0.05) is 26.8 Å². The van der Waals surface area contributed by atoms with Crippen molar-refractivity contribution in [3.05, 3.63) is 55.1 Å². The number of hydrogen-bond donors (Lipinski definition) is 1. The van der Waals surface area contributed by atoms with Crippen molar-refractivity contribution in [1.29, 1.82) is 0 Å². The monoisotopic (exact) mass is 371 g/mol. The molecule has 1 nitrogen and oxygen atoms in total. The molecule has 0 aliphatic heterocycles. The lowest BCUT2D eigenvalue weighted by atomic mass is 10.0. The van der Waals surface area contributed by atoms with Crippen LogP contribution in [0.2, 0.25) is 5.02 Å². The van der Waals surface area contributed by atoms with Crippen LogP contribution in [-0.4, -0.2) is 6.54 Å². The van der Waals surface area contributed by atoms with Crippen LogP contribution in [0.1, 0.15) is 35.4 Å². The molecule has 0 saturated carbocycles. The Morgan fingerprint density at radius 3 is 2.75 bits per heavy atom. The number of halogens is 2. The molecule has 2 rings (SSSR count). The molecule has 1 N–H and O–H groups in total. The topological polar surface area (TPSA) is 12.0 Å². The van der Waals surface area contributed by atoms with E-state index in [1.807, 2.05) is 6.07 Å². The largest absolute Gasteiger partial charge is 0.310 e. The van der Waals surface area contributed by atoms with Gasteiger partial charge in [0.15, 0.2) is 0 Å². The minimum absolute atomic E-state index is 0.262. The molecule has 108 valence electrons. The van der Waals surface area contributed by atoms with Gasteiger partial charge < -0.3 is 5.32 Å². The molecule has 0 saturated heterocycles. The number of hydrogen-bond acceptors (Lipinski definition) is 2. The van der Waals surface area contributed by atoms with Crippen molar-refractivity contribution >= 4 is 38.9 Å². The molecule has 0 bridgehead atoms. The molecule has 1 unspecified atom stereocenters. The standard InChI is InChI=1S/C16H19BrClNS/c1-3-7-19-15(10-16-13(17)6-8-20-16)12-5-4-11(2)9-14(12)18/h4-6,8-9,15,19H,3,7,10H2,1-2H3. The van der Waals surface area contributed by atoms with Gasteiger partial charge in [0.1, 0.15) is 0 Å². The quantitative estimate of drug-likeness (QED) is 0.680. The summed E-state index contributed by atoms with van der Waals surface area (Å²) in [4.78, 5) is 1.36. The zero-order valence-electron chi connectivity index (χ0n) is 11.7. The molecule has 1 aromatic heterocycles. The summed E-state index contributed by atoms with van der Waals surface area (Å²) in [6.45, 7) is 5.25. The van der Waals surface area contributed by atoms with Crippen molar-refractivity contribution in [2.24, 2.45) is 0 Å². The van der Waals surface area contributed by atoms with Crippen LogP contribution in [0.4, 0.5) is 0 Å². The third kappa shape index (κ3) is 4.08. The van der Waals surface area contributed by atoms with Crippen LogP contribution < -0.4 is 5.32 Å². The Labute approximate surface area is 138 Å². The first-order valence-electron chi connectivity index (χ1n) is 6.83. The highest BCUT2D eigenvalue weighted by molar-refractivity contribution is 9.10. The number of nitrogens with one attached hydrogen (secondary N) is 1. The summed E-state index contributed by atoms with van der Waals surface area (Å²) in [5.41, 5.74) is 2.39. The van der Waals surface area contributed by atoms with Gasteiger partial charge in [-0.05, 0) is 64.5 Å². The highest BCUT2D eigenvalue weighted by Crippen LogP contribution is 2.31. The zero-order chi connectivity index (χ0) is 14.5. The maximum atomic E-state index is 6.43. The van der Waals surface area contributed by atoms with Gasteiger partial charge in [0.25, 0.3) is 0 Å². The van der Waals surface area contributed by atoms with Crippen LogP contribution in [0.3, 0.4) is 0 Å². The number of rotatable bonds is 6. The van der Waals surface area contributed by atoms with Gasteiger partial charge >= 0.3 is 0 Å². The summed E-state index contributed by atoms with van der Waals surface area (Å²) in [5.74, 6) is 0. The molecule has 4 heteroatoms. The summed E-state index contributed by atoms with van der Waals surface area (Å²) in [5, 5.41) is 6.58. The highest BCUT2D eigenvalue weighted by Gasteiger charge is 2.16. The van der Waals surface area contributed by atoms with Crippen LogP contribution in [0.25, 0.3) is 0 Å². The molecular formula is C16H19BrClNS. The lowest BCUT2D eigenvalue weighted by Gasteiger charge is -2.20. The summed E-state index contributed by atoms with van der Waals surface area (Å²) in [6.07, 6.45) is 2.08. The average molecular weight is 373 g/mol. The fourth-order valence-electron chi connectivity index (χ4n) is 2.18. The normalized spacial score (nSPS) is 12.6. The van der Waals surface area contributed by atoms with Crippen molar-refractivity contribution in [3.63, 3.8) is 0 Å². The summed E-state index contributed by atoms with van der Waals surface area (Å²) in [6, 6.07) is 8.69. The Morgan fingerprint density at radius 1 is 1.35 bits per heavy atom. The first-order valence-corrected chi connectivity index (χ1v) is 8.88. The predicted molar refractivity (Wildman–Crippen MR) is 92.9 cm³/mol. The van der Waals surface area contributed by atoms with Gasteiger partial charge in [0.05, 0.1) is 0 Å². The lowest BCUT2D eigenvalue weighted by molar-refractivity contribution is 0.532. The van der Waals surface area contributed by atoms with E-state index in [0.29, 0.717) is 0 Å². The molecular weight excluding hydrogens is 354 g/mol. The summed E-state index contributed by atoms with van der Waals surface area (Å²) in [7, 11) is 0. The molecule has 0 aliphatic rings. The minimum Gasteiger partial charge on any atom is -0.310 e. The van der Waals surface area contributed by atoms with Crippen molar-refractivity contribution < 1.29 is 0 Å². The van der Waals surface area contributed by atoms with E-state index >= 15 is 0 Å². The number of benzene rings is 1. The summed E-state index contributed by atoms with van der Waals surface area (Å²) < 4.78 is 1.19. The van der Waals surface area contributed by atoms with Crippen LogP contribution in [0.5, 0.6) is 0 Å². The Morgan fingerprint density at radius 2 is 2.15 bits per heavy atom. The molecule has 1 atom stereocenters. The van der Waals surface area contributed by atoms with Crippen molar-refractivity contribution in [1.82, 2.24) is 5.32 Å². The molecule has 0 fully saturated rings. The first kappa shape index (κ1) is 16.0. The fourth-order valence-corrected chi connectivity index (χ4v) is 4.11. The minimum atomic E-state index is 0.262. The van der Waals surface area contributed by atoms with E-state index in [-0.39, 0.29) is 6.04 Å². The fraction of sp³-hybridized carbons (Fsp3) is 0.375. The van der Waals surface area contributed by atoms with E-state index < -0.39 is 0 Å². The second-order valence-corrected chi connectivity index (χ2v) is 7.19. The van der Waals surface area contributed by atoms with Gasteiger partial charge in [-0.15, -0.1) is 11.3 Å². The molecule has 0 spiro atoms. The van der Waals surface area contributed by atoms with Gasteiger partial charge in [0.2, 0.25) is 0 Å². The summed E-state index contributed by atoms with van der Waals surface area (Å²) >= 11 is 11.8. The highest BCUT2D eigenvalue weighted by atomic mass is 79.9. The van der Waals surface area contributed by atoms with E-state index in [9.17, 15) is 0 Å². The van der Waals surface area contributed by atoms with Gasteiger partial charge in [-0.2, -0.15) is 0 Å². The Balaban J connectivity index is 2.24. The number of aryl methyl sites for hydroxylation is 1. The van der Waals surface area contributed by atoms with Gasteiger partial charge in [-0.25, -0.2) is 0 Å². The second kappa shape index (κ2) is 7.60. The molecule has 1 heterocycles. The first-order chi connectivity index (χ1) is 9.61. The Kier molecular flexibility index (Phi) is 6.09. The Bertz CT molecular complexity index is 567. The zero-order valence-corrected chi connectivity index (χ0v) is 14.9. The molecule has 0 aliphatic carbocycles. The van der Waals surface area contributed by atoms with Crippen LogP contribution in [-0.2, 0) is 6.42 Å². The van der Waals surface area contributed by atoms with Crippen molar-refractivity contribution in [2.45, 2.75) is 32.7 Å². The predicted octanol–water partition coefficient (Wildman–Crippen LogP) is 5.76. The lowest BCUT2D eigenvalue weighted by Crippen LogP contribution is -2.24. The van der Waals surface area contributed by atoms with E-state index in [0.717, 1.165) is 24.4 Å². The van der Waals surface area contributed by atoms with E-state index in [1.165, 1.54) is 20.5 Å². The SMILES string of the molecule is CCCNC(Cc1sccc1Br)c1ccc(C)cc1Cl. The molecule has 0 amide bonds. The maximum Gasteiger partial charge on any atom is 0.0456 e. The van der Waals surface area contributed by atoms with Crippen LogP contribution in [0.15, 0.2) is 34.1 Å². The van der Waals surface area contributed by atoms with Crippen molar-refractivity contribution in [3.8, 4) is 0 Å². The molecule has 0 radical (unpaired) electrons. The third-order valence-corrected chi connectivity index (χ3v) is 5.53. The van der Waals surface area contributed by atoms with Crippen LogP contribution in [0, 0.1) is 6.92 Å². The van der Waals surface area contributed by atoms with Crippen molar-refractivity contribution in [2.75, 3.05) is 6.54 Å². The van der Waals surface area contributed by atoms with E-state index in [1.54, 1.807) is 11.3 Å².